The maximum atomic E-state index is 12.4. The van der Waals surface area contributed by atoms with Gasteiger partial charge in [0.1, 0.15) is 5.65 Å². The topological polar surface area (TPSA) is 63.1 Å². The first-order chi connectivity index (χ1) is 16.7. The molecule has 2 aliphatic rings. The lowest BCUT2D eigenvalue weighted by Crippen LogP contribution is -2.49. The molecular formula is C28H37N5OS. The summed E-state index contributed by atoms with van der Waals surface area (Å²) in [7, 11) is 0. The van der Waals surface area contributed by atoms with Gasteiger partial charge in [0.05, 0.1) is 0 Å². The third-order valence-corrected chi connectivity index (χ3v) is 9.03. The normalized spacial score (nSPS) is 18.5. The number of likely N-dealkylation sites (tertiary alicyclic amines) is 1. The van der Waals surface area contributed by atoms with E-state index in [1.807, 2.05) is 25.6 Å². The van der Waals surface area contributed by atoms with Crippen molar-refractivity contribution in [1.29, 1.82) is 0 Å². The van der Waals surface area contributed by atoms with Crippen LogP contribution in [0.1, 0.15) is 65.0 Å². The van der Waals surface area contributed by atoms with E-state index in [9.17, 15) is 4.79 Å². The Labute approximate surface area is 212 Å². The molecule has 1 aromatic carbocycles. The highest BCUT2D eigenvalue weighted by atomic mass is 32.2. The molecule has 1 saturated carbocycles. The highest BCUT2D eigenvalue weighted by Gasteiger charge is 2.46. The Morgan fingerprint density at radius 3 is 2.46 bits per heavy atom. The summed E-state index contributed by atoms with van der Waals surface area (Å²) in [5, 5.41) is 4.96. The van der Waals surface area contributed by atoms with Crippen molar-refractivity contribution in [3.05, 3.63) is 52.4 Å². The second-order valence-electron chi connectivity index (χ2n) is 11.0. The van der Waals surface area contributed by atoms with E-state index < -0.39 is 0 Å². The Bertz CT molecular complexity index is 1270. The number of fused-ring (bicyclic) bond motifs is 1. The van der Waals surface area contributed by atoms with Crippen LogP contribution in [0.2, 0.25) is 0 Å². The number of nitrogens with zero attached hydrogens (tertiary/aromatic N) is 4. The Balaban J connectivity index is 1.24. The van der Waals surface area contributed by atoms with Crippen molar-refractivity contribution in [2.45, 2.75) is 82.5 Å². The number of pyridine rings is 1. The average molecular weight is 492 g/mol. The number of anilines is 2. The van der Waals surface area contributed by atoms with Crippen molar-refractivity contribution in [1.82, 2.24) is 19.4 Å². The van der Waals surface area contributed by atoms with Crippen LogP contribution in [0.3, 0.4) is 0 Å². The summed E-state index contributed by atoms with van der Waals surface area (Å²) in [4.78, 5) is 25.5. The third kappa shape index (κ3) is 4.98. The summed E-state index contributed by atoms with van der Waals surface area (Å²) >= 11 is 2.03. The van der Waals surface area contributed by atoms with E-state index in [1.165, 1.54) is 49.2 Å². The van der Waals surface area contributed by atoms with Crippen LogP contribution in [0.4, 0.5) is 11.6 Å². The summed E-state index contributed by atoms with van der Waals surface area (Å²) in [6, 6.07) is 10.7. The minimum absolute atomic E-state index is 0.0281. The lowest BCUT2D eigenvalue weighted by atomic mass is 9.63. The minimum Gasteiger partial charge on any atom is -0.324 e. The zero-order chi connectivity index (χ0) is 24.7. The van der Waals surface area contributed by atoms with Gasteiger partial charge in [-0.05, 0) is 109 Å². The van der Waals surface area contributed by atoms with E-state index in [0.29, 0.717) is 23.1 Å². The SMILES string of the molecule is Cc1cc(SC2CC3(CCN(C(C)C)CC3)C2)ccc1Nc1ncc2ccc(=O)n(C(C)C)c2n1. The fourth-order valence-electron chi connectivity index (χ4n) is 5.67. The Kier molecular flexibility index (Phi) is 6.66. The number of hydrogen-bond donors (Lipinski definition) is 1. The van der Waals surface area contributed by atoms with E-state index >= 15 is 0 Å². The van der Waals surface area contributed by atoms with Crippen molar-refractivity contribution < 1.29 is 0 Å². The molecule has 7 heteroatoms. The molecule has 3 heterocycles. The number of benzene rings is 1. The Morgan fingerprint density at radius 1 is 1.06 bits per heavy atom. The van der Waals surface area contributed by atoms with Crippen LogP contribution < -0.4 is 10.9 Å². The maximum Gasteiger partial charge on any atom is 0.252 e. The third-order valence-electron chi connectivity index (χ3n) is 7.84. The number of piperidine rings is 1. The molecule has 2 fully saturated rings. The molecule has 1 saturated heterocycles. The summed E-state index contributed by atoms with van der Waals surface area (Å²) in [6.07, 6.45) is 7.21. The standard InChI is InChI=1S/C28H37N5OS/c1-18(2)32-12-10-28(11-13-32)15-23(16-28)35-22-7-8-24(20(5)14-22)30-27-29-17-21-6-9-25(34)33(19(3)4)26(21)31-27/h6-9,14,17-19,23H,10-13,15-16H2,1-5H3,(H,29,30,31). The molecule has 186 valence electrons. The van der Waals surface area contributed by atoms with Gasteiger partial charge in [-0.1, -0.05) is 0 Å². The Hall–Kier alpha value is -2.38. The van der Waals surface area contributed by atoms with Crippen molar-refractivity contribution in [3.63, 3.8) is 0 Å². The van der Waals surface area contributed by atoms with Crippen LogP contribution in [0.5, 0.6) is 0 Å². The van der Waals surface area contributed by atoms with Gasteiger partial charge in [-0.2, -0.15) is 4.98 Å². The summed E-state index contributed by atoms with van der Waals surface area (Å²) in [5.74, 6) is 0.509. The number of rotatable bonds is 6. The van der Waals surface area contributed by atoms with E-state index in [4.69, 9.17) is 0 Å². The smallest absolute Gasteiger partial charge is 0.252 e. The molecule has 5 rings (SSSR count). The molecule has 1 aliphatic carbocycles. The molecule has 1 aliphatic heterocycles. The van der Waals surface area contributed by atoms with Gasteiger partial charge < -0.3 is 10.2 Å². The highest BCUT2D eigenvalue weighted by molar-refractivity contribution is 8.00. The van der Waals surface area contributed by atoms with Gasteiger partial charge in [-0.3, -0.25) is 9.36 Å². The average Bonchev–Trinajstić information content (AvgIpc) is 2.79. The van der Waals surface area contributed by atoms with Crippen LogP contribution in [0, 0.1) is 12.3 Å². The van der Waals surface area contributed by atoms with Gasteiger partial charge in [0.15, 0.2) is 0 Å². The predicted octanol–water partition coefficient (Wildman–Crippen LogP) is 6.17. The molecule has 1 N–H and O–H groups in total. The van der Waals surface area contributed by atoms with Gasteiger partial charge in [-0.25, -0.2) is 4.98 Å². The number of thioether (sulfide) groups is 1. The predicted molar refractivity (Wildman–Crippen MR) is 146 cm³/mol. The lowest BCUT2D eigenvalue weighted by Gasteiger charge is -2.52. The number of hydrogen-bond acceptors (Lipinski definition) is 6. The van der Waals surface area contributed by atoms with Crippen LogP contribution >= 0.6 is 11.8 Å². The molecule has 1 spiro atoms. The van der Waals surface area contributed by atoms with Gasteiger partial charge in [0.2, 0.25) is 5.95 Å². The van der Waals surface area contributed by atoms with Gasteiger partial charge in [0, 0.05) is 45.6 Å². The van der Waals surface area contributed by atoms with Crippen molar-refractivity contribution in [2.75, 3.05) is 18.4 Å². The van der Waals surface area contributed by atoms with Gasteiger partial charge >= 0.3 is 0 Å². The Morgan fingerprint density at radius 2 is 1.80 bits per heavy atom. The summed E-state index contributed by atoms with van der Waals surface area (Å²) in [5.41, 5.74) is 3.39. The molecule has 0 amide bonds. The molecule has 0 atom stereocenters. The van der Waals surface area contributed by atoms with Crippen LogP contribution in [-0.2, 0) is 0 Å². The lowest BCUT2D eigenvalue weighted by molar-refractivity contribution is 0.0267. The monoisotopic (exact) mass is 491 g/mol. The number of aromatic nitrogens is 3. The van der Waals surface area contributed by atoms with Crippen molar-refractivity contribution in [3.8, 4) is 0 Å². The van der Waals surface area contributed by atoms with Crippen LogP contribution in [0.25, 0.3) is 11.0 Å². The molecule has 0 unspecified atom stereocenters. The first kappa shape index (κ1) is 24.3. The van der Waals surface area contributed by atoms with Crippen LogP contribution in [-0.4, -0.2) is 43.8 Å². The van der Waals surface area contributed by atoms with E-state index in [2.05, 4.69) is 59.2 Å². The molecule has 6 nitrogen and oxygen atoms in total. The van der Waals surface area contributed by atoms with Gasteiger partial charge in [0.25, 0.3) is 5.56 Å². The summed E-state index contributed by atoms with van der Waals surface area (Å²) in [6.45, 7) is 13.3. The van der Waals surface area contributed by atoms with Crippen LogP contribution in [0.15, 0.2) is 46.2 Å². The zero-order valence-corrected chi connectivity index (χ0v) is 22.4. The first-order valence-electron chi connectivity index (χ1n) is 12.9. The molecule has 3 aromatic rings. The van der Waals surface area contributed by atoms with Gasteiger partial charge in [-0.15, -0.1) is 11.8 Å². The maximum absolute atomic E-state index is 12.4. The summed E-state index contributed by atoms with van der Waals surface area (Å²) < 4.78 is 1.72. The largest absolute Gasteiger partial charge is 0.324 e. The second-order valence-corrected chi connectivity index (χ2v) is 12.4. The second kappa shape index (κ2) is 9.58. The minimum atomic E-state index is -0.0436. The van der Waals surface area contributed by atoms with E-state index in [1.54, 1.807) is 22.9 Å². The first-order valence-corrected chi connectivity index (χ1v) is 13.8. The fourth-order valence-corrected chi connectivity index (χ4v) is 7.32. The van der Waals surface area contributed by atoms with E-state index in [-0.39, 0.29) is 11.6 Å². The molecule has 0 bridgehead atoms. The fraction of sp³-hybridized carbons (Fsp3) is 0.536. The molecule has 0 radical (unpaired) electrons. The molecule has 35 heavy (non-hydrogen) atoms. The van der Waals surface area contributed by atoms with Crippen molar-refractivity contribution in [2.24, 2.45) is 5.41 Å². The van der Waals surface area contributed by atoms with Crippen molar-refractivity contribution >= 4 is 34.4 Å². The quantitative estimate of drug-likeness (QED) is 0.445. The van der Waals surface area contributed by atoms with E-state index in [0.717, 1.165) is 16.3 Å². The molecular weight excluding hydrogens is 454 g/mol. The zero-order valence-electron chi connectivity index (χ0n) is 21.5. The number of aryl methyl sites for hydroxylation is 1. The highest BCUT2D eigenvalue weighted by Crippen LogP contribution is 2.54. The molecule has 2 aromatic heterocycles. The number of nitrogens with one attached hydrogen (secondary N) is 1.